The summed E-state index contributed by atoms with van der Waals surface area (Å²) >= 11 is 1.39. The van der Waals surface area contributed by atoms with Crippen molar-refractivity contribution in [3.63, 3.8) is 0 Å². The summed E-state index contributed by atoms with van der Waals surface area (Å²) in [5.41, 5.74) is 12.9. The Bertz CT molecular complexity index is 244. The van der Waals surface area contributed by atoms with Crippen molar-refractivity contribution < 1.29 is 4.79 Å². The maximum absolute atomic E-state index is 10.3. The van der Waals surface area contributed by atoms with Crippen LogP contribution in [0.25, 0.3) is 0 Å². The molecule has 1 aromatic heterocycles. The summed E-state index contributed by atoms with van der Waals surface area (Å²) in [7, 11) is 0. The van der Waals surface area contributed by atoms with E-state index in [4.69, 9.17) is 11.5 Å². The molecule has 3 nitrogen and oxygen atoms in total. The molecule has 10 heavy (non-hydrogen) atoms. The third-order valence-electron chi connectivity index (χ3n) is 1.13. The zero-order valence-electron chi connectivity index (χ0n) is 5.26. The van der Waals surface area contributed by atoms with E-state index >= 15 is 0 Å². The summed E-state index contributed by atoms with van der Waals surface area (Å²) in [6.45, 7) is 0. The number of hydrogen-bond donors (Lipinski definition) is 1. The van der Waals surface area contributed by atoms with E-state index in [1.165, 1.54) is 11.3 Å². The van der Waals surface area contributed by atoms with Crippen molar-refractivity contribution in [3.05, 3.63) is 17.0 Å². The zero-order chi connectivity index (χ0) is 7.56. The van der Waals surface area contributed by atoms with Gasteiger partial charge in [0.05, 0.1) is 11.4 Å². The molecule has 53 valence electrons. The summed E-state index contributed by atoms with van der Waals surface area (Å²) in [6, 6.07) is 1.77. The van der Waals surface area contributed by atoms with Crippen molar-refractivity contribution in [2.24, 2.45) is 0 Å². The Morgan fingerprint density at radius 2 is 2.50 bits per heavy atom. The number of anilines is 1. The molecule has 0 aliphatic heterocycles. The smallest absolute Gasteiger partial charge is 0.242 e. The Balaban J connectivity index is 2.74. The number of carbonyl (C=O) groups excluding carboxylic acids is 1. The molecule has 1 amide bonds. The van der Waals surface area contributed by atoms with Crippen molar-refractivity contribution in [1.82, 2.24) is 5.73 Å². The van der Waals surface area contributed by atoms with E-state index in [1.54, 1.807) is 6.07 Å². The maximum atomic E-state index is 10.3. The molecule has 1 rings (SSSR count). The molecule has 0 fully saturated rings. The number of amides is 1. The van der Waals surface area contributed by atoms with Crippen LogP contribution in [0, 0.1) is 0 Å². The van der Waals surface area contributed by atoms with Crippen LogP contribution in [-0.4, -0.2) is 5.91 Å². The Kier molecular flexibility index (Phi) is 1.91. The van der Waals surface area contributed by atoms with E-state index < -0.39 is 5.91 Å². The van der Waals surface area contributed by atoms with Gasteiger partial charge >= 0.3 is 0 Å². The number of nitrogens with two attached hydrogens (primary N) is 1. The van der Waals surface area contributed by atoms with Crippen LogP contribution in [0.3, 0.4) is 0 Å². The molecular weight excluding hydrogens is 148 g/mol. The summed E-state index contributed by atoms with van der Waals surface area (Å²) in [5.74, 6) is -0.592. The molecule has 4 heteroatoms. The first-order valence-corrected chi connectivity index (χ1v) is 3.64. The lowest BCUT2D eigenvalue weighted by Crippen LogP contribution is -2.02. The van der Waals surface area contributed by atoms with Gasteiger partial charge in [-0.25, -0.2) is 0 Å². The number of hydrogen-bond acceptors (Lipinski definition) is 3. The first-order chi connectivity index (χ1) is 4.70. The Morgan fingerprint density at radius 1 is 1.80 bits per heavy atom. The SMILES string of the molecule is [NH]C(=O)Cc1ccsc1N. The van der Waals surface area contributed by atoms with Gasteiger partial charge < -0.3 is 5.73 Å². The molecule has 0 aromatic carbocycles. The van der Waals surface area contributed by atoms with Crippen LogP contribution >= 0.6 is 11.3 Å². The van der Waals surface area contributed by atoms with Gasteiger partial charge in [-0.1, -0.05) is 0 Å². The molecule has 0 aliphatic rings. The van der Waals surface area contributed by atoms with Crippen molar-refractivity contribution >= 4 is 22.2 Å². The average Bonchev–Trinajstić information content (AvgIpc) is 2.15. The van der Waals surface area contributed by atoms with Crippen LogP contribution in [0.5, 0.6) is 0 Å². The van der Waals surface area contributed by atoms with Crippen LogP contribution in [0.4, 0.5) is 5.00 Å². The second kappa shape index (κ2) is 2.70. The Labute approximate surface area is 62.6 Å². The highest BCUT2D eigenvalue weighted by Crippen LogP contribution is 2.18. The quantitative estimate of drug-likeness (QED) is 0.682. The second-order valence-corrected chi connectivity index (χ2v) is 2.86. The van der Waals surface area contributed by atoms with Crippen molar-refractivity contribution in [2.75, 3.05) is 5.73 Å². The number of carbonyl (C=O) groups is 1. The minimum Gasteiger partial charge on any atom is -0.390 e. The van der Waals surface area contributed by atoms with E-state index in [2.05, 4.69) is 0 Å². The highest BCUT2D eigenvalue weighted by Gasteiger charge is 2.03. The molecule has 0 unspecified atom stereocenters. The Morgan fingerprint density at radius 3 is 2.90 bits per heavy atom. The largest absolute Gasteiger partial charge is 0.390 e. The topological polar surface area (TPSA) is 66.9 Å². The van der Waals surface area contributed by atoms with Crippen molar-refractivity contribution in [2.45, 2.75) is 6.42 Å². The molecular formula is C6H7N2OS. The summed E-state index contributed by atoms with van der Waals surface area (Å²) in [5, 5.41) is 2.45. The van der Waals surface area contributed by atoms with E-state index in [1.807, 2.05) is 5.38 Å². The molecule has 0 aliphatic carbocycles. The normalized spacial score (nSPS) is 9.60. The van der Waals surface area contributed by atoms with Gasteiger partial charge in [-0.15, -0.1) is 11.3 Å². The fourth-order valence-electron chi connectivity index (χ4n) is 0.666. The van der Waals surface area contributed by atoms with Crippen LogP contribution in [0.2, 0.25) is 0 Å². The van der Waals surface area contributed by atoms with Gasteiger partial charge in [-0.05, 0) is 17.0 Å². The lowest BCUT2D eigenvalue weighted by atomic mass is 10.2. The van der Waals surface area contributed by atoms with E-state index in [-0.39, 0.29) is 6.42 Å². The molecule has 0 atom stereocenters. The van der Waals surface area contributed by atoms with Crippen LogP contribution < -0.4 is 11.5 Å². The van der Waals surface area contributed by atoms with Gasteiger partial charge in [0, 0.05) is 0 Å². The molecule has 0 saturated heterocycles. The number of nitrogen functional groups attached to an aromatic ring is 1. The van der Waals surface area contributed by atoms with Crippen LogP contribution in [0.15, 0.2) is 11.4 Å². The fourth-order valence-corrected chi connectivity index (χ4v) is 1.34. The number of rotatable bonds is 2. The van der Waals surface area contributed by atoms with Crippen molar-refractivity contribution in [3.8, 4) is 0 Å². The lowest BCUT2D eigenvalue weighted by Gasteiger charge is -1.91. The maximum Gasteiger partial charge on any atom is 0.242 e. The molecule has 3 N–H and O–H groups in total. The van der Waals surface area contributed by atoms with Gasteiger partial charge in [0.25, 0.3) is 0 Å². The molecule has 0 saturated carbocycles. The third-order valence-corrected chi connectivity index (χ3v) is 1.92. The van der Waals surface area contributed by atoms with Crippen LogP contribution in [-0.2, 0) is 11.2 Å². The molecule has 1 aromatic rings. The summed E-state index contributed by atoms with van der Waals surface area (Å²) in [4.78, 5) is 10.3. The molecule has 1 radical (unpaired) electrons. The third kappa shape index (κ3) is 1.48. The summed E-state index contributed by atoms with van der Waals surface area (Å²) in [6.07, 6.45) is 0.134. The Hall–Kier alpha value is -1.03. The van der Waals surface area contributed by atoms with Crippen LogP contribution in [0.1, 0.15) is 5.56 Å². The zero-order valence-corrected chi connectivity index (χ0v) is 6.07. The average molecular weight is 155 g/mol. The summed E-state index contributed by atoms with van der Waals surface area (Å²) < 4.78 is 0. The molecule has 0 bridgehead atoms. The minimum atomic E-state index is -0.592. The molecule has 1 heterocycles. The van der Waals surface area contributed by atoms with E-state index in [0.29, 0.717) is 5.00 Å². The van der Waals surface area contributed by atoms with Crippen molar-refractivity contribution in [1.29, 1.82) is 0 Å². The highest BCUT2D eigenvalue weighted by molar-refractivity contribution is 7.14. The standard InChI is InChI=1S/C6H7N2OS/c7-5(9)3-4-1-2-10-6(4)8/h1-2,7H,3,8H2. The molecule has 0 spiro atoms. The van der Waals surface area contributed by atoms with Gasteiger partial charge in [0.1, 0.15) is 0 Å². The number of nitrogens with one attached hydrogen (secondary N) is 1. The predicted octanol–water partition coefficient (Wildman–Crippen LogP) is 0.682. The van der Waals surface area contributed by atoms with Gasteiger partial charge in [0.2, 0.25) is 5.91 Å². The lowest BCUT2D eigenvalue weighted by molar-refractivity contribution is -0.118. The predicted molar refractivity (Wildman–Crippen MR) is 40.5 cm³/mol. The fraction of sp³-hybridized carbons (Fsp3) is 0.167. The second-order valence-electron chi connectivity index (χ2n) is 1.91. The van der Waals surface area contributed by atoms with Gasteiger partial charge in [0.15, 0.2) is 0 Å². The van der Waals surface area contributed by atoms with Gasteiger partial charge in [-0.2, -0.15) is 0 Å². The van der Waals surface area contributed by atoms with E-state index in [0.717, 1.165) is 5.56 Å². The first-order valence-electron chi connectivity index (χ1n) is 2.76. The first kappa shape index (κ1) is 7.08. The highest BCUT2D eigenvalue weighted by atomic mass is 32.1. The number of thiophene rings is 1. The van der Waals surface area contributed by atoms with E-state index in [9.17, 15) is 4.79 Å². The monoisotopic (exact) mass is 155 g/mol. The minimum absolute atomic E-state index is 0.134. The van der Waals surface area contributed by atoms with Gasteiger partial charge in [-0.3, -0.25) is 10.5 Å².